The van der Waals surface area contributed by atoms with E-state index in [2.05, 4.69) is 10.6 Å². The third-order valence-electron chi connectivity index (χ3n) is 4.58. The minimum absolute atomic E-state index is 0. The third kappa shape index (κ3) is 9.33. The van der Waals surface area contributed by atoms with Gasteiger partial charge in [-0.3, -0.25) is 0 Å². The van der Waals surface area contributed by atoms with Crippen LogP contribution in [0.15, 0.2) is 0 Å². The molecular formula is C14H34Cl4N4. The van der Waals surface area contributed by atoms with Crippen LogP contribution in [0.25, 0.3) is 0 Å². The first kappa shape index (κ1) is 27.8. The van der Waals surface area contributed by atoms with E-state index < -0.39 is 0 Å². The average molecular weight is 400 g/mol. The second-order valence-corrected chi connectivity index (χ2v) is 6.02. The molecule has 0 aliphatic heterocycles. The van der Waals surface area contributed by atoms with Gasteiger partial charge in [0.05, 0.1) is 0 Å². The Morgan fingerprint density at radius 2 is 0.909 bits per heavy atom. The molecule has 6 N–H and O–H groups in total. The monoisotopic (exact) mass is 398 g/mol. The van der Waals surface area contributed by atoms with E-state index in [4.69, 9.17) is 11.5 Å². The summed E-state index contributed by atoms with van der Waals surface area (Å²) in [4.78, 5) is 0. The average Bonchev–Trinajstić information content (AvgIpc) is 2.38. The standard InChI is InChI=1S/C14H30N4.4ClH/c15-11-5-1-3-7-13(11)17-9-10-18-14-8-4-2-6-12(14)16;;;;/h11-14,17-18H,1-10,15-16H2;4*1H/t11-,12-,13-,14-;;;;/m1..../s1. The minimum Gasteiger partial charge on any atom is -0.326 e. The molecule has 0 heterocycles. The Morgan fingerprint density at radius 1 is 0.591 bits per heavy atom. The molecule has 0 unspecified atom stereocenters. The highest BCUT2D eigenvalue weighted by Gasteiger charge is 2.22. The molecule has 0 aromatic heterocycles. The molecule has 0 amide bonds. The molecule has 2 rings (SSSR count). The van der Waals surface area contributed by atoms with E-state index >= 15 is 0 Å². The van der Waals surface area contributed by atoms with E-state index in [9.17, 15) is 0 Å². The molecule has 0 aromatic carbocycles. The number of hydrogen-bond acceptors (Lipinski definition) is 4. The summed E-state index contributed by atoms with van der Waals surface area (Å²) in [5.41, 5.74) is 12.2. The van der Waals surface area contributed by atoms with Crippen molar-refractivity contribution in [3.05, 3.63) is 0 Å². The third-order valence-corrected chi connectivity index (χ3v) is 4.58. The lowest BCUT2D eigenvalue weighted by Crippen LogP contribution is -2.51. The van der Waals surface area contributed by atoms with Crippen LogP contribution in [0.2, 0.25) is 0 Å². The molecular weight excluding hydrogens is 366 g/mol. The van der Waals surface area contributed by atoms with Gasteiger partial charge < -0.3 is 22.1 Å². The summed E-state index contributed by atoms with van der Waals surface area (Å²) < 4.78 is 0. The van der Waals surface area contributed by atoms with Gasteiger partial charge >= 0.3 is 0 Å². The van der Waals surface area contributed by atoms with Crippen LogP contribution in [0.1, 0.15) is 51.4 Å². The lowest BCUT2D eigenvalue weighted by molar-refractivity contribution is 0.306. The Morgan fingerprint density at radius 3 is 1.23 bits per heavy atom. The zero-order valence-corrected chi connectivity index (χ0v) is 16.4. The van der Waals surface area contributed by atoms with Gasteiger partial charge in [0.25, 0.3) is 0 Å². The summed E-state index contributed by atoms with van der Waals surface area (Å²) in [6.45, 7) is 2.03. The van der Waals surface area contributed by atoms with Crippen LogP contribution in [-0.4, -0.2) is 37.3 Å². The van der Waals surface area contributed by atoms with Gasteiger partial charge in [-0.05, 0) is 25.7 Å². The van der Waals surface area contributed by atoms with Crippen LogP contribution in [0.3, 0.4) is 0 Å². The molecule has 2 fully saturated rings. The van der Waals surface area contributed by atoms with Crippen molar-refractivity contribution in [3.63, 3.8) is 0 Å². The van der Waals surface area contributed by atoms with E-state index in [-0.39, 0.29) is 49.6 Å². The summed E-state index contributed by atoms with van der Waals surface area (Å²) in [5, 5.41) is 7.19. The van der Waals surface area contributed by atoms with Crippen molar-refractivity contribution >= 4 is 49.6 Å². The van der Waals surface area contributed by atoms with Crippen molar-refractivity contribution in [3.8, 4) is 0 Å². The molecule has 4 atom stereocenters. The van der Waals surface area contributed by atoms with Crippen molar-refractivity contribution < 1.29 is 0 Å². The maximum absolute atomic E-state index is 6.12. The molecule has 0 aromatic rings. The fourth-order valence-electron chi connectivity index (χ4n) is 3.34. The number of nitrogens with one attached hydrogen (secondary N) is 2. The molecule has 2 aliphatic carbocycles. The predicted octanol–water partition coefficient (Wildman–Crippen LogP) is 2.39. The Balaban J connectivity index is -0.000000902. The van der Waals surface area contributed by atoms with Crippen molar-refractivity contribution in [2.45, 2.75) is 75.5 Å². The Bertz CT molecular complexity index is 225. The highest BCUT2D eigenvalue weighted by molar-refractivity contribution is 5.86. The summed E-state index contributed by atoms with van der Waals surface area (Å²) in [6.07, 6.45) is 10.1. The summed E-state index contributed by atoms with van der Waals surface area (Å²) in [5.74, 6) is 0. The summed E-state index contributed by atoms with van der Waals surface area (Å²) >= 11 is 0. The highest BCUT2D eigenvalue weighted by Crippen LogP contribution is 2.17. The van der Waals surface area contributed by atoms with Crippen LogP contribution in [-0.2, 0) is 0 Å². The summed E-state index contributed by atoms with van der Waals surface area (Å²) in [7, 11) is 0. The lowest BCUT2D eigenvalue weighted by atomic mass is 9.90. The number of hydrogen-bond donors (Lipinski definition) is 4. The molecule has 2 saturated carbocycles. The largest absolute Gasteiger partial charge is 0.326 e. The van der Waals surface area contributed by atoms with Gasteiger partial charge in [0.1, 0.15) is 0 Å². The molecule has 138 valence electrons. The van der Waals surface area contributed by atoms with Crippen molar-refractivity contribution in [2.75, 3.05) is 13.1 Å². The molecule has 8 heteroatoms. The van der Waals surface area contributed by atoms with E-state index in [0.717, 1.165) is 13.1 Å². The molecule has 0 radical (unpaired) electrons. The van der Waals surface area contributed by atoms with E-state index in [1.165, 1.54) is 51.4 Å². The van der Waals surface area contributed by atoms with Crippen LogP contribution >= 0.6 is 49.6 Å². The van der Waals surface area contributed by atoms with Gasteiger partial charge in [-0.1, -0.05) is 25.7 Å². The Labute approximate surface area is 160 Å². The van der Waals surface area contributed by atoms with E-state index in [1.54, 1.807) is 0 Å². The van der Waals surface area contributed by atoms with Crippen LogP contribution < -0.4 is 22.1 Å². The van der Waals surface area contributed by atoms with Crippen molar-refractivity contribution in [1.29, 1.82) is 0 Å². The molecule has 0 bridgehead atoms. The van der Waals surface area contributed by atoms with E-state index in [1.807, 2.05) is 0 Å². The minimum atomic E-state index is 0. The maximum Gasteiger partial charge on any atom is 0.0219 e. The van der Waals surface area contributed by atoms with Crippen LogP contribution in [0.5, 0.6) is 0 Å². The van der Waals surface area contributed by atoms with Gasteiger partial charge in [0.15, 0.2) is 0 Å². The molecule has 4 nitrogen and oxygen atoms in total. The normalized spacial score (nSPS) is 30.8. The molecule has 0 spiro atoms. The predicted molar refractivity (Wildman–Crippen MR) is 105 cm³/mol. The number of nitrogens with two attached hydrogens (primary N) is 2. The molecule has 0 saturated heterocycles. The maximum atomic E-state index is 6.12. The Hall–Kier alpha value is 1.000. The molecule has 2 aliphatic rings. The van der Waals surface area contributed by atoms with Gasteiger partial charge in [-0.15, -0.1) is 49.6 Å². The second kappa shape index (κ2) is 15.5. The van der Waals surface area contributed by atoms with Crippen LogP contribution in [0, 0.1) is 0 Å². The first-order valence-electron chi connectivity index (χ1n) is 7.75. The van der Waals surface area contributed by atoms with Crippen molar-refractivity contribution in [2.24, 2.45) is 11.5 Å². The molecule has 22 heavy (non-hydrogen) atoms. The smallest absolute Gasteiger partial charge is 0.0219 e. The number of rotatable bonds is 5. The first-order valence-corrected chi connectivity index (χ1v) is 7.75. The van der Waals surface area contributed by atoms with Gasteiger partial charge in [0, 0.05) is 37.3 Å². The second-order valence-electron chi connectivity index (χ2n) is 6.02. The van der Waals surface area contributed by atoms with Gasteiger partial charge in [-0.25, -0.2) is 0 Å². The number of halogens is 4. The summed E-state index contributed by atoms with van der Waals surface area (Å²) in [6, 6.07) is 1.77. The quantitative estimate of drug-likeness (QED) is 0.535. The first-order chi connectivity index (χ1) is 8.77. The van der Waals surface area contributed by atoms with Gasteiger partial charge in [0.2, 0.25) is 0 Å². The highest BCUT2D eigenvalue weighted by atomic mass is 35.5. The zero-order valence-electron chi connectivity index (χ0n) is 13.2. The fourth-order valence-corrected chi connectivity index (χ4v) is 3.34. The topological polar surface area (TPSA) is 76.1 Å². The van der Waals surface area contributed by atoms with Gasteiger partial charge in [-0.2, -0.15) is 0 Å². The SMILES string of the molecule is Cl.Cl.Cl.Cl.N[C@@H]1CCCC[C@H]1NCCN[C@@H]1CCCC[C@H]1N. The van der Waals surface area contributed by atoms with Crippen molar-refractivity contribution in [1.82, 2.24) is 10.6 Å². The lowest BCUT2D eigenvalue weighted by Gasteiger charge is -2.31. The zero-order chi connectivity index (χ0) is 12.8. The van der Waals surface area contributed by atoms with E-state index in [0.29, 0.717) is 24.2 Å². The fraction of sp³-hybridized carbons (Fsp3) is 1.00. The Kier molecular flexibility index (Phi) is 19.6. The van der Waals surface area contributed by atoms with Crippen LogP contribution in [0.4, 0.5) is 0 Å².